The van der Waals surface area contributed by atoms with E-state index >= 15 is 0 Å². The molecule has 0 aliphatic rings. The highest BCUT2D eigenvalue weighted by molar-refractivity contribution is 7.16. The number of halogens is 1. The van der Waals surface area contributed by atoms with Gasteiger partial charge in [0.2, 0.25) is 0 Å². The minimum absolute atomic E-state index is 0. The van der Waals surface area contributed by atoms with Gasteiger partial charge < -0.3 is 0 Å². The van der Waals surface area contributed by atoms with Crippen molar-refractivity contribution in [2.75, 3.05) is 0 Å². The Bertz CT molecular complexity index is 416. The zero-order valence-electron chi connectivity index (χ0n) is 7.08. The Morgan fingerprint density at radius 2 is 2.00 bits per heavy atom. The molecule has 3 nitrogen and oxygen atoms in total. The van der Waals surface area contributed by atoms with E-state index in [0.29, 0.717) is 4.88 Å². The van der Waals surface area contributed by atoms with Crippen LogP contribution in [-0.2, 0) is 0 Å². The maximum Gasteiger partial charge on any atom is 0.161 e. The molecule has 0 spiro atoms. The van der Waals surface area contributed by atoms with Gasteiger partial charge >= 0.3 is 0 Å². The van der Waals surface area contributed by atoms with E-state index in [1.807, 2.05) is 12.1 Å². The second-order valence-electron chi connectivity index (χ2n) is 2.42. The van der Waals surface area contributed by atoms with Crippen molar-refractivity contribution in [1.29, 1.82) is 0 Å². The van der Waals surface area contributed by atoms with Crippen molar-refractivity contribution in [2.45, 2.75) is 0 Å². The van der Waals surface area contributed by atoms with Crippen molar-refractivity contribution in [3.8, 4) is 10.6 Å². The predicted molar refractivity (Wildman–Crippen MR) is 58.0 cm³/mol. The van der Waals surface area contributed by atoms with Crippen LogP contribution in [0, 0.1) is 0 Å². The minimum atomic E-state index is 0. The highest BCUT2D eigenvalue weighted by Crippen LogP contribution is 2.22. The largest absolute Gasteiger partial charge is 0.297 e. The molecule has 0 unspecified atom stereocenters. The van der Waals surface area contributed by atoms with Crippen molar-refractivity contribution in [2.24, 2.45) is 0 Å². The normalized spacial score (nSPS) is 9.14. The van der Waals surface area contributed by atoms with Crippen LogP contribution >= 0.6 is 23.7 Å². The summed E-state index contributed by atoms with van der Waals surface area (Å²) in [6, 6.07) is 3.74. The fourth-order valence-electron chi connectivity index (χ4n) is 0.969. The number of thiazole rings is 1. The molecule has 2 aromatic heterocycles. The zero-order valence-corrected chi connectivity index (χ0v) is 8.72. The molecule has 14 heavy (non-hydrogen) atoms. The van der Waals surface area contributed by atoms with Gasteiger partial charge in [-0.05, 0) is 12.1 Å². The first-order valence-electron chi connectivity index (χ1n) is 3.71. The lowest BCUT2D eigenvalue weighted by atomic mass is 10.3. The van der Waals surface area contributed by atoms with E-state index in [9.17, 15) is 4.79 Å². The van der Waals surface area contributed by atoms with E-state index in [0.717, 1.165) is 16.9 Å². The molecule has 0 bridgehead atoms. The van der Waals surface area contributed by atoms with Crippen LogP contribution in [0.4, 0.5) is 0 Å². The molecular weight excluding hydrogens is 220 g/mol. The summed E-state index contributed by atoms with van der Waals surface area (Å²) in [5.41, 5.74) is 0.994. The van der Waals surface area contributed by atoms with Crippen molar-refractivity contribution in [3.05, 3.63) is 35.6 Å². The van der Waals surface area contributed by atoms with E-state index in [4.69, 9.17) is 0 Å². The van der Waals surface area contributed by atoms with E-state index < -0.39 is 0 Å². The van der Waals surface area contributed by atoms with Crippen LogP contribution in [0.1, 0.15) is 9.67 Å². The third-order valence-corrected chi connectivity index (χ3v) is 2.54. The average Bonchev–Trinajstić information content (AvgIpc) is 2.67. The molecule has 0 fully saturated rings. The summed E-state index contributed by atoms with van der Waals surface area (Å²) < 4.78 is 0. The average molecular weight is 227 g/mol. The molecule has 0 amide bonds. The molecule has 0 aromatic carbocycles. The molecule has 2 rings (SSSR count). The van der Waals surface area contributed by atoms with Crippen molar-refractivity contribution >= 4 is 30.0 Å². The Hall–Kier alpha value is -1.26. The van der Waals surface area contributed by atoms with Gasteiger partial charge in [0.25, 0.3) is 0 Å². The number of carbonyl (C=O) groups excluding carboxylic acids is 1. The van der Waals surface area contributed by atoms with Gasteiger partial charge in [-0.2, -0.15) is 0 Å². The summed E-state index contributed by atoms with van der Waals surface area (Å²) in [6.07, 6.45) is 5.80. The number of hydrogen-bond acceptors (Lipinski definition) is 4. The Balaban J connectivity index is 0.000000980. The molecule has 0 radical (unpaired) electrons. The molecular formula is C9H7ClN2OS. The Kier molecular flexibility index (Phi) is 3.73. The summed E-state index contributed by atoms with van der Waals surface area (Å²) >= 11 is 1.38. The van der Waals surface area contributed by atoms with Gasteiger partial charge in [0, 0.05) is 24.2 Å². The van der Waals surface area contributed by atoms with Crippen LogP contribution in [0.25, 0.3) is 10.6 Å². The number of aromatic nitrogens is 2. The van der Waals surface area contributed by atoms with Crippen LogP contribution in [0.3, 0.4) is 0 Å². The smallest absolute Gasteiger partial charge is 0.161 e. The number of pyridine rings is 1. The standard InChI is InChI=1S/C9H6N2OS.ClH/c12-6-8-5-11-9(13-8)7-1-3-10-4-2-7;/h1-6H;1H. The molecule has 5 heteroatoms. The van der Waals surface area contributed by atoms with Crippen LogP contribution in [0.5, 0.6) is 0 Å². The number of carbonyl (C=O) groups is 1. The van der Waals surface area contributed by atoms with Crippen molar-refractivity contribution in [3.63, 3.8) is 0 Å². The lowest BCUT2D eigenvalue weighted by molar-refractivity contribution is 0.112. The maximum absolute atomic E-state index is 10.4. The van der Waals surface area contributed by atoms with Gasteiger partial charge in [-0.1, -0.05) is 0 Å². The lowest BCUT2D eigenvalue weighted by Crippen LogP contribution is -1.74. The molecule has 72 valence electrons. The topological polar surface area (TPSA) is 42.9 Å². The number of aldehydes is 1. The minimum Gasteiger partial charge on any atom is -0.297 e. The molecule has 2 aromatic rings. The fourth-order valence-corrected chi connectivity index (χ4v) is 1.71. The first-order chi connectivity index (χ1) is 6.40. The summed E-state index contributed by atoms with van der Waals surface area (Å²) in [5, 5.41) is 0.851. The van der Waals surface area contributed by atoms with Crippen LogP contribution in [0.15, 0.2) is 30.7 Å². The summed E-state index contributed by atoms with van der Waals surface area (Å²) in [6.45, 7) is 0. The van der Waals surface area contributed by atoms with Crippen LogP contribution < -0.4 is 0 Å². The molecule has 2 heterocycles. The zero-order chi connectivity index (χ0) is 9.10. The Morgan fingerprint density at radius 3 is 2.57 bits per heavy atom. The first kappa shape index (κ1) is 10.8. The molecule has 0 aliphatic carbocycles. The SMILES string of the molecule is Cl.O=Cc1cnc(-c2ccncc2)s1. The van der Waals surface area contributed by atoms with Crippen molar-refractivity contribution < 1.29 is 4.79 Å². The lowest BCUT2D eigenvalue weighted by Gasteiger charge is -1.91. The van der Waals surface area contributed by atoms with E-state index in [1.165, 1.54) is 11.3 Å². The number of rotatable bonds is 2. The van der Waals surface area contributed by atoms with Crippen LogP contribution in [-0.4, -0.2) is 16.3 Å². The van der Waals surface area contributed by atoms with Gasteiger partial charge in [0.05, 0.1) is 4.88 Å². The second-order valence-corrected chi connectivity index (χ2v) is 3.48. The van der Waals surface area contributed by atoms with Gasteiger partial charge in [0.15, 0.2) is 6.29 Å². The van der Waals surface area contributed by atoms with Crippen LogP contribution in [0.2, 0.25) is 0 Å². The molecule has 0 atom stereocenters. The highest BCUT2D eigenvalue weighted by atomic mass is 35.5. The van der Waals surface area contributed by atoms with Gasteiger partial charge in [-0.3, -0.25) is 9.78 Å². The van der Waals surface area contributed by atoms with Gasteiger partial charge in [-0.15, -0.1) is 23.7 Å². The monoisotopic (exact) mass is 226 g/mol. The van der Waals surface area contributed by atoms with Gasteiger partial charge in [-0.25, -0.2) is 4.98 Å². The Labute approximate surface area is 91.2 Å². The highest BCUT2D eigenvalue weighted by Gasteiger charge is 2.02. The third-order valence-electron chi connectivity index (χ3n) is 1.57. The molecule has 0 aliphatic heterocycles. The quantitative estimate of drug-likeness (QED) is 0.739. The fraction of sp³-hybridized carbons (Fsp3) is 0. The second kappa shape index (κ2) is 4.83. The first-order valence-corrected chi connectivity index (χ1v) is 4.53. The summed E-state index contributed by atoms with van der Waals surface area (Å²) in [5.74, 6) is 0. The number of nitrogens with zero attached hydrogens (tertiary/aromatic N) is 2. The van der Waals surface area contributed by atoms with E-state index in [1.54, 1.807) is 18.6 Å². The molecule has 0 saturated heterocycles. The maximum atomic E-state index is 10.4. The van der Waals surface area contributed by atoms with E-state index in [2.05, 4.69) is 9.97 Å². The van der Waals surface area contributed by atoms with Gasteiger partial charge in [0.1, 0.15) is 5.01 Å². The summed E-state index contributed by atoms with van der Waals surface area (Å²) in [7, 11) is 0. The molecule has 0 saturated carbocycles. The summed E-state index contributed by atoms with van der Waals surface area (Å²) in [4.78, 5) is 19.1. The molecule has 0 N–H and O–H groups in total. The number of hydrogen-bond donors (Lipinski definition) is 0. The Morgan fingerprint density at radius 1 is 1.29 bits per heavy atom. The van der Waals surface area contributed by atoms with Crippen molar-refractivity contribution in [1.82, 2.24) is 9.97 Å². The predicted octanol–water partition coefficient (Wildman–Crippen LogP) is 2.44. The third kappa shape index (κ3) is 2.16. The van der Waals surface area contributed by atoms with E-state index in [-0.39, 0.29) is 12.4 Å².